The molecule has 0 aliphatic carbocycles. The molecule has 0 radical (unpaired) electrons. The number of aryl methyl sites for hydroxylation is 1. The monoisotopic (exact) mass is 416 g/mol. The fraction of sp³-hybridized carbons (Fsp3) is 0.778. The van der Waals surface area contributed by atoms with Gasteiger partial charge in [0.2, 0.25) is 0 Å². The van der Waals surface area contributed by atoms with Crippen molar-refractivity contribution in [2.45, 2.75) is 96.8 Å². The van der Waals surface area contributed by atoms with Crippen LogP contribution in [0.3, 0.4) is 0 Å². The lowest BCUT2D eigenvalue weighted by molar-refractivity contribution is 0.191. The summed E-state index contributed by atoms with van der Waals surface area (Å²) >= 11 is 0. The third-order valence-electron chi connectivity index (χ3n) is 6.38. The molecule has 2 rings (SSSR count). The number of unbranched alkanes of at least 4 members (excludes halogenated alkanes) is 12. The van der Waals surface area contributed by atoms with E-state index in [2.05, 4.69) is 41.4 Å². The van der Waals surface area contributed by atoms with Gasteiger partial charge < -0.3 is 10.1 Å². The van der Waals surface area contributed by atoms with E-state index in [9.17, 15) is 0 Å². The van der Waals surface area contributed by atoms with Crippen molar-refractivity contribution in [1.82, 2.24) is 10.2 Å². The molecule has 0 unspecified atom stereocenters. The van der Waals surface area contributed by atoms with Crippen molar-refractivity contribution >= 4 is 0 Å². The number of nitrogens with one attached hydrogen (secondary N) is 1. The van der Waals surface area contributed by atoms with E-state index in [0.29, 0.717) is 0 Å². The van der Waals surface area contributed by atoms with Gasteiger partial charge in [-0.2, -0.15) is 0 Å². The molecule has 0 atom stereocenters. The second-order valence-corrected chi connectivity index (χ2v) is 9.08. The van der Waals surface area contributed by atoms with Crippen LogP contribution in [0.2, 0.25) is 0 Å². The Hall–Kier alpha value is -1.06. The van der Waals surface area contributed by atoms with Gasteiger partial charge in [-0.1, -0.05) is 96.1 Å². The Morgan fingerprint density at radius 2 is 1.27 bits per heavy atom. The summed E-state index contributed by atoms with van der Waals surface area (Å²) in [5.41, 5.74) is 1.45. The molecule has 1 heterocycles. The minimum Gasteiger partial charge on any atom is -0.492 e. The summed E-state index contributed by atoms with van der Waals surface area (Å²) in [7, 11) is 0. The zero-order valence-electron chi connectivity index (χ0n) is 19.8. The van der Waals surface area contributed by atoms with Crippen molar-refractivity contribution < 1.29 is 4.74 Å². The molecule has 0 saturated carbocycles. The van der Waals surface area contributed by atoms with E-state index in [1.165, 1.54) is 95.5 Å². The lowest BCUT2D eigenvalue weighted by atomic mass is 10.0. The van der Waals surface area contributed by atoms with Crippen LogP contribution in [0.15, 0.2) is 24.3 Å². The van der Waals surface area contributed by atoms with Crippen LogP contribution in [0, 0.1) is 0 Å². The molecule has 1 aliphatic heterocycles. The summed E-state index contributed by atoms with van der Waals surface area (Å²) in [6.45, 7) is 8.60. The predicted molar refractivity (Wildman–Crippen MR) is 131 cm³/mol. The number of nitrogens with zero attached hydrogens (tertiary/aromatic N) is 1. The van der Waals surface area contributed by atoms with E-state index in [-0.39, 0.29) is 0 Å². The summed E-state index contributed by atoms with van der Waals surface area (Å²) in [6, 6.07) is 8.80. The quantitative estimate of drug-likeness (QED) is 0.273. The Morgan fingerprint density at radius 3 is 1.83 bits per heavy atom. The lowest BCUT2D eigenvalue weighted by Gasteiger charge is -2.26. The molecule has 1 saturated heterocycles. The summed E-state index contributed by atoms with van der Waals surface area (Å²) < 4.78 is 5.92. The molecule has 0 bridgehead atoms. The number of ether oxygens (including phenoxy) is 1. The largest absolute Gasteiger partial charge is 0.492 e. The first kappa shape index (κ1) is 25.2. The maximum Gasteiger partial charge on any atom is 0.119 e. The highest BCUT2D eigenvalue weighted by molar-refractivity contribution is 5.27. The maximum absolute atomic E-state index is 5.92. The summed E-state index contributed by atoms with van der Waals surface area (Å²) in [4.78, 5) is 2.47. The van der Waals surface area contributed by atoms with Crippen LogP contribution in [-0.4, -0.2) is 44.2 Å². The van der Waals surface area contributed by atoms with Crippen molar-refractivity contribution in [3.8, 4) is 5.75 Å². The second kappa shape index (κ2) is 17.6. The molecule has 1 aromatic carbocycles. The van der Waals surface area contributed by atoms with Crippen LogP contribution in [0.5, 0.6) is 5.75 Å². The number of hydrogen-bond donors (Lipinski definition) is 1. The summed E-state index contributed by atoms with van der Waals surface area (Å²) in [5.74, 6) is 1.01. The standard InChI is InChI=1S/C27H48N2O/c1-2-3-4-5-6-7-8-9-10-11-12-13-14-15-26-16-18-27(19-17-26)30-25-24-29-22-20-28-21-23-29/h16-19,28H,2-15,20-25H2,1H3. The van der Waals surface area contributed by atoms with Crippen molar-refractivity contribution in [3.05, 3.63) is 29.8 Å². The third-order valence-corrected chi connectivity index (χ3v) is 6.38. The first-order valence-electron chi connectivity index (χ1n) is 13.0. The SMILES string of the molecule is CCCCCCCCCCCCCCCc1ccc(OCCN2CCNCC2)cc1. The average Bonchev–Trinajstić information content (AvgIpc) is 2.79. The van der Waals surface area contributed by atoms with Crippen molar-refractivity contribution in [2.75, 3.05) is 39.3 Å². The van der Waals surface area contributed by atoms with Gasteiger partial charge in [0.05, 0.1) is 0 Å². The van der Waals surface area contributed by atoms with Gasteiger partial charge in [-0.25, -0.2) is 0 Å². The van der Waals surface area contributed by atoms with Crippen LogP contribution in [-0.2, 0) is 6.42 Å². The average molecular weight is 417 g/mol. The molecule has 1 fully saturated rings. The molecule has 172 valence electrons. The molecule has 1 aromatic rings. The van der Waals surface area contributed by atoms with E-state index >= 15 is 0 Å². The second-order valence-electron chi connectivity index (χ2n) is 9.08. The molecular formula is C27H48N2O. The normalized spacial score (nSPS) is 14.8. The first-order chi connectivity index (χ1) is 14.9. The van der Waals surface area contributed by atoms with Gasteiger partial charge >= 0.3 is 0 Å². The molecule has 3 heteroatoms. The van der Waals surface area contributed by atoms with Crippen LogP contribution < -0.4 is 10.1 Å². The molecule has 1 N–H and O–H groups in total. The first-order valence-corrected chi connectivity index (χ1v) is 13.0. The van der Waals surface area contributed by atoms with Gasteiger partial charge in [-0.3, -0.25) is 4.90 Å². The zero-order chi connectivity index (χ0) is 21.1. The van der Waals surface area contributed by atoms with Gasteiger partial charge in [0.25, 0.3) is 0 Å². The van der Waals surface area contributed by atoms with E-state index < -0.39 is 0 Å². The molecular weight excluding hydrogens is 368 g/mol. The van der Waals surface area contributed by atoms with E-state index in [1.807, 2.05) is 0 Å². The Kier molecular flexibility index (Phi) is 14.8. The topological polar surface area (TPSA) is 24.5 Å². The van der Waals surface area contributed by atoms with Crippen LogP contribution in [0.1, 0.15) is 96.0 Å². The Bertz CT molecular complexity index is 496. The Morgan fingerprint density at radius 1 is 0.733 bits per heavy atom. The van der Waals surface area contributed by atoms with E-state index in [0.717, 1.165) is 45.1 Å². The summed E-state index contributed by atoms with van der Waals surface area (Å²) in [6.07, 6.45) is 19.7. The van der Waals surface area contributed by atoms with Gasteiger partial charge in [0.1, 0.15) is 12.4 Å². The van der Waals surface area contributed by atoms with Crippen LogP contribution in [0.25, 0.3) is 0 Å². The van der Waals surface area contributed by atoms with Crippen molar-refractivity contribution in [2.24, 2.45) is 0 Å². The predicted octanol–water partition coefficient (Wildman–Crippen LogP) is 6.60. The molecule has 30 heavy (non-hydrogen) atoms. The highest BCUT2D eigenvalue weighted by atomic mass is 16.5. The lowest BCUT2D eigenvalue weighted by Crippen LogP contribution is -2.44. The maximum atomic E-state index is 5.92. The van der Waals surface area contributed by atoms with E-state index in [1.54, 1.807) is 0 Å². The minimum atomic E-state index is 0.790. The fourth-order valence-corrected chi connectivity index (χ4v) is 4.33. The highest BCUT2D eigenvalue weighted by Crippen LogP contribution is 2.16. The van der Waals surface area contributed by atoms with E-state index in [4.69, 9.17) is 4.74 Å². The third kappa shape index (κ3) is 12.6. The van der Waals surface area contributed by atoms with Crippen LogP contribution >= 0.6 is 0 Å². The number of benzene rings is 1. The Balaban J connectivity index is 1.38. The molecule has 3 nitrogen and oxygen atoms in total. The van der Waals surface area contributed by atoms with Crippen molar-refractivity contribution in [1.29, 1.82) is 0 Å². The Labute approximate surface area is 187 Å². The number of rotatable bonds is 18. The molecule has 1 aliphatic rings. The summed E-state index contributed by atoms with van der Waals surface area (Å²) in [5, 5.41) is 3.39. The van der Waals surface area contributed by atoms with Crippen molar-refractivity contribution in [3.63, 3.8) is 0 Å². The smallest absolute Gasteiger partial charge is 0.119 e. The fourth-order valence-electron chi connectivity index (χ4n) is 4.33. The highest BCUT2D eigenvalue weighted by Gasteiger charge is 2.08. The zero-order valence-corrected chi connectivity index (χ0v) is 19.8. The molecule has 0 amide bonds. The van der Waals surface area contributed by atoms with Gasteiger partial charge in [-0.05, 0) is 30.5 Å². The van der Waals surface area contributed by atoms with Gasteiger partial charge in [0.15, 0.2) is 0 Å². The number of piperazine rings is 1. The minimum absolute atomic E-state index is 0.790. The molecule has 0 spiro atoms. The number of hydrogen-bond acceptors (Lipinski definition) is 3. The molecule has 0 aromatic heterocycles. The van der Waals surface area contributed by atoms with Crippen LogP contribution in [0.4, 0.5) is 0 Å². The van der Waals surface area contributed by atoms with Gasteiger partial charge in [-0.15, -0.1) is 0 Å². The van der Waals surface area contributed by atoms with Gasteiger partial charge in [0, 0.05) is 32.7 Å².